The van der Waals surface area contributed by atoms with E-state index in [0.29, 0.717) is 0 Å². The number of amides is 1. The van der Waals surface area contributed by atoms with Gasteiger partial charge in [0.25, 0.3) is 5.91 Å². The van der Waals surface area contributed by atoms with Gasteiger partial charge in [0.15, 0.2) is 0 Å². The van der Waals surface area contributed by atoms with Crippen LogP contribution < -0.4 is 10.6 Å². The molecule has 1 fully saturated rings. The molecule has 1 aromatic rings. The van der Waals surface area contributed by atoms with Crippen LogP contribution in [-0.2, 0) is 4.79 Å². The van der Waals surface area contributed by atoms with Crippen LogP contribution in [-0.4, -0.2) is 25.0 Å². The van der Waals surface area contributed by atoms with Gasteiger partial charge in [0.1, 0.15) is 0 Å². The third-order valence-corrected chi connectivity index (χ3v) is 2.73. The second-order valence-electron chi connectivity index (χ2n) is 4.13. The van der Waals surface area contributed by atoms with Crippen LogP contribution in [0.1, 0.15) is 18.4 Å². The number of nitrogens with one attached hydrogen (secondary N) is 2. The van der Waals surface area contributed by atoms with Crippen molar-refractivity contribution in [1.29, 1.82) is 0 Å². The Morgan fingerprint density at radius 3 is 2.88 bits per heavy atom. The zero-order valence-electron chi connectivity index (χ0n) is 9.70. The molecule has 3 nitrogen and oxygen atoms in total. The molecule has 0 radical (unpaired) electrons. The molecule has 1 amide bonds. The van der Waals surface area contributed by atoms with Crippen LogP contribution in [0.15, 0.2) is 30.3 Å². The van der Waals surface area contributed by atoms with Gasteiger partial charge in [-0.1, -0.05) is 24.1 Å². The fraction of sp³-hybridized carbons (Fsp3) is 0.357. The topological polar surface area (TPSA) is 41.1 Å². The van der Waals surface area contributed by atoms with Crippen LogP contribution in [0.4, 0.5) is 0 Å². The summed E-state index contributed by atoms with van der Waals surface area (Å²) in [5.41, 5.74) is 0.865. The number of hydrogen-bond donors (Lipinski definition) is 2. The fourth-order valence-corrected chi connectivity index (χ4v) is 1.85. The first kappa shape index (κ1) is 11.7. The average molecular weight is 228 g/mol. The molecule has 0 bridgehead atoms. The predicted octanol–water partition coefficient (Wildman–Crippen LogP) is 0.906. The molecule has 1 heterocycles. The zero-order chi connectivity index (χ0) is 11.9. The highest BCUT2D eigenvalue weighted by molar-refractivity contribution is 5.94. The Balaban J connectivity index is 1.87. The molecular formula is C14H16N2O. The Kier molecular flexibility index (Phi) is 4.17. The molecule has 1 unspecified atom stereocenters. The summed E-state index contributed by atoms with van der Waals surface area (Å²) in [5.74, 6) is 5.28. The van der Waals surface area contributed by atoms with E-state index in [-0.39, 0.29) is 11.9 Å². The summed E-state index contributed by atoms with van der Waals surface area (Å²) >= 11 is 0. The monoisotopic (exact) mass is 228 g/mol. The molecule has 0 saturated carbocycles. The standard InChI is InChI=1S/C14H16N2O/c17-14(16-13-7-4-10-15-11-13)9-8-12-5-2-1-3-6-12/h1-3,5-6,13,15H,4,7,10-11H2,(H,16,17). The SMILES string of the molecule is O=C(C#Cc1ccccc1)NC1CCCNC1. The van der Waals surface area contributed by atoms with Crippen molar-refractivity contribution in [3.63, 3.8) is 0 Å². The highest BCUT2D eigenvalue weighted by Gasteiger charge is 2.13. The van der Waals surface area contributed by atoms with Gasteiger partial charge in [-0.15, -0.1) is 0 Å². The Hall–Kier alpha value is -1.79. The van der Waals surface area contributed by atoms with Gasteiger partial charge in [-0.05, 0) is 31.5 Å². The number of benzene rings is 1. The highest BCUT2D eigenvalue weighted by Crippen LogP contribution is 2.00. The van der Waals surface area contributed by atoms with Gasteiger partial charge in [0.2, 0.25) is 0 Å². The maximum absolute atomic E-state index is 11.6. The van der Waals surface area contributed by atoms with Crippen molar-refractivity contribution in [2.24, 2.45) is 0 Å². The van der Waals surface area contributed by atoms with Gasteiger partial charge in [-0.2, -0.15) is 0 Å². The molecule has 1 aliphatic rings. The molecule has 2 rings (SSSR count). The summed E-state index contributed by atoms with van der Waals surface area (Å²) in [7, 11) is 0. The predicted molar refractivity (Wildman–Crippen MR) is 67.4 cm³/mol. The quantitative estimate of drug-likeness (QED) is 0.701. The van der Waals surface area contributed by atoms with Crippen LogP contribution in [0.2, 0.25) is 0 Å². The smallest absolute Gasteiger partial charge is 0.296 e. The summed E-state index contributed by atoms with van der Waals surface area (Å²) in [4.78, 5) is 11.6. The summed E-state index contributed by atoms with van der Waals surface area (Å²) in [6.45, 7) is 1.89. The van der Waals surface area contributed by atoms with Crippen molar-refractivity contribution < 1.29 is 4.79 Å². The van der Waals surface area contributed by atoms with Gasteiger partial charge in [0, 0.05) is 24.1 Å². The van der Waals surface area contributed by atoms with Crippen molar-refractivity contribution in [2.75, 3.05) is 13.1 Å². The molecule has 1 atom stereocenters. The van der Waals surface area contributed by atoms with Gasteiger partial charge >= 0.3 is 0 Å². The molecule has 0 aromatic heterocycles. The molecule has 17 heavy (non-hydrogen) atoms. The van der Waals surface area contributed by atoms with E-state index in [0.717, 1.165) is 31.5 Å². The first-order valence-electron chi connectivity index (χ1n) is 5.93. The Morgan fingerprint density at radius 2 is 2.18 bits per heavy atom. The van der Waals surface area contributed by atoms with Crippen molar-refractivity contribution in [2.45, 2.75) is 18.9 Å². The van der Waals surface area contributed by atoms with Crippen LogP contribution in [0.25, 0.3) is 0 Å². The van der Waals surface area contributed by atoms with E-state index in [1.165, 1.54) is 0 Å². The normalized spacial score (nSPS) is 18.9. The minimum atomic E-state index is -0.192. The Morgan fingerprint density at radius 1 is 1.35 bits per heavy atom. The number of piperidine rings is 1. The summed E-state index contributed by atoms with van der Waals surface area (Å²) in [6.07, 6.45) is 2.14. The first-order valence-corrected chi connectivity index (χ1v) is 5.93. The van der Waals surface area contributed by atoms with E-state index in [2.05, 4.69) is 22.5 Å². The molecule has 0 spiro atoms. The lowest BCUT2D eigenvalue weighted by Gasteiger charge is -2.22. The van der Waals surface area contributed by atoms with Crippen LogP contribution in [0, 0.1) is 11.8 Å². The lowest BCUT2D eigenvalue weighted by Crippen LogP contribution is -2.45. The van der Waals surface area contributed by atoms with Crippen LogP contribution >= 0.6 is 0 Å². The second kappa shape index (κ2) is 6.07. The maximum atomic E-state index is 11.6. The second-order valence-corrected chi connectivity index (χ2v) is 4.13. The van der Waals surface area contributed by atoms with Crippen molar-refractivity contribution in [3.05, 3.63) is 35.9 Å². The van der Waals surface area contributed by atoms with E-state index < -0.39 is 0 Å². The van der Waals surface area contributed by atoms with E-state index in [1.54, 1.807) is 0 Å². The Bertz CT molecular complexity index is 425. The molecule has 88 valence electrons. The number of carbonyl (C=O) groups is 1. The third kappa shape index (κ3) is 3.93. The van der Waals surface area contributed by atoms with Gasteiger partial charge in [0.05, 0.1) is 0 Å². The van der Waals surface area contributed by atoms with Crippen LogP contribution in [0.3, 0.4) is 0 Å². The minimum absolute atomic E-state index is 0.192. The van der Waals surface area contributed by atoms with Gasteiger partial charge in [-0.3, -0.25) is 4.79 Å². The number of carbonyl (C=O) groups excluding carboxylic acids is 1. The first-order chi connectivity index (χ1) is 8.34. The molecule has 1 aromatic carbocycles. The summed E-state index contributed by atoms with van der Waals surface area (Å²) in [5, 5.41) is 6.17. The van der Waals surface area contributed by atoms with E-state index in [1.807, 2.05) is 30.3 Å². The molecule has 3 heteroatoms. The van der Waals surface area contributed by atoms with Crippen molar-refractivity contribution in [3.8, 4) is 11.8 Å². The fourth-order valence-electron chi connectivity index (χ4n) is 1.85. The summed E-state index contributed by atoms with van der Waals surface area (Å²) < 4.78 is 0. The van der Waals surface area contributed by atoms with Crippen molar-refractivity contribution in [1.82, 2.24) is 10.6 Å². The van der Waals surface area contributed by atoms with Gasteiger partial charge < -0.3 is 10.6 Å². The third-order valence-electron chi connectivity index (χ3n) is 2.73. The lowest BCUT2D eigenvalue weighted by molar-refractivity contribution is -0.116. The minimum Gasteiger partial charge on any atom is -0.341 e. The van der Waals surface area contributed by atoms with E-state index in [4.69, 9.17) is 0 Å². The maximum Gasteiger partial charge on any atom is 0.296 e. The molecular weight excluding hydrogens is 212 g/mol. The lowest BCUT2D eigenvalue weighted by atomic mass is 10.1. The van der Waals surface area contributed by atoms with Gasteiger partial charge in [-0.25, -0.2) is 0 Å². The Labute approximate surface area is 102 Å². The molecule has 0 aliphatic carbocycles. The number of rotatable bonds is 1. The molecule has 1 aliphatic heterocycles. The average Bonchev–Trinajstić information content (AvgIpc) is 2.39. The molecule has 1 saturated heterocycles. The summed E-state index contributed by atoms with van der Waals surface area (Å²) in [6, 6.07) is 9.75. The van der Waals surface area contributed by atoms with E-state index in [9.17, 15) is 4.79 Å². The zero-order valence-corrected chi connectivity index (χ0v) is 9.70. The highest BCUT2D eigenvalue weighted by atomic mass is 16.1. The van der Waals surface area contributed by atoms with Crippen LogP contribution in [0.5, 0.6) is 0 Å². The molecule has 2 N–H and O–H groups in total. The van der Waals surface area contributed by atoms with E-state index >= 15 is 0 Å². The largest absolute Gasteiger partial charge is 0.341 e. The van der Waals surface area contributed by atoms with Crippen molar-refractivity contribution >= 4 is 5.91 Å². The number of hydrogen-bond acceptors (Lipinski definition) is 2.